The second kappa shape index (κ2) is 7.79. The highest BCUT2D eigenvalue weighted by Gasteiger charge is 2.32. The molecule has 4 atom stereocenters. The molecule has 2 heteroatoms. The molecule has 4 unspecified atom stereocenters. The zero-order chi connectivity index (χ0) is 13.5. The molecule has 0 spiro atoms. The fourth-order valence-electron chi connectivity index (χ4n) is 3.30. The van der Waals surface area contributed by atoms with Gasteiger partial charge in [-0.25, -0.2) is 0 Å². The Balaban J connectivity index is 2.59. The van der Waals surface area contributed by atoms with Crippen molar-refractivity contribution in [3.05, 3.63) is 0 Å². The van der Waals surface area contributed by atoms with Crippen molar-refractivity contribution in [3.8, 4) is 6.07 Å². The first-order valence-corrected chi connectivity index (χ1v) is 7.72. The Morgan fingerprint density at radius 1 is 1.33 bits per heavy atom. The van der Waals surface area contributed by atoms with Gasteiger partial charge in [-0.1, -0.05) is 40.0 Å². The van der Waals surface area contributed by atoms with Crippen LogP contribution >= 0.6 is 0 Å². The Morgan fingerprint density at radius 3 is 2.61 bits per heavy atom. The molecule has 0 saturated heterocycles. The number of rotatable bonds is 6. The third kappa shape index (κ3) is 4.28. The predicted molar refractivity (Wildman–Crippen MR) is 77.2 cm³/mol. The maximum atomic E-state index is 9.34. The van der Waals surface area contributed by atoms with Crippen molar-refractivity contribution in [1.29, 1.82) is 5.26 Å². The average Bonchev–Trinajstić information content (AvgIpc) is 2.38. The standard InChI is InChI=1S/C16H30N2/c1-5-7-14-8-9-15(11-17)16(10-14)18(4)12-13(3)6-2/h13-16H,5-10,12H2,1-4H3. The highest BCUT2D eigenvalue weighted by Crippen LogP contribution is 2.34. The van der Waals surface area contributed by atoms with Crippen LogP contribution in [0, 0.1) is 29.1 Å². The molecule has 1 aliphatic carbocycles. The number of hydrogen-bond donors (Lipinski definition) is 0. The largest absolute Gasteiger partial charge is 0.302 e. The van der Waals surface area contributed by atoms with Crippen molar-refractivity contribution in [2.75, 3.05) is 13.6 Å². The maximum absolute atomic E-state index is 9.34. The van der Waals surface area contributed by atoms with Gasteiger partial charge in [-0.05, 0) is 38.1 Å². The molecule has 2 nitrogen and oxygen atoms in total. The van der Waals surface area contributed by atoms with Crippen molar-refractivity contribution >= 4 is 0 Å². The lowest BCUT2D eigenvalue weighted by molar-refractivity contribution is 0.108. The molecule has 0 amide bonds. The van der Waals surface area contributed by atoms with Gasteiger partial charge in [-0.3, -0.25) is 0 Å². The highest BCUT2D eigenvalue weighted by molar-refractivity contribution is 4.97. The summed E-state index contributed by atoms with van der Waals surface area (Å²) in [5.41, 5.74) is 0. The van der Waals surface area contributed by atoms with E-state index in [4.69, 9.17) is 0 Å². The van der Waals surface area contributed by atoms with Crippen molar-refractivity contribution in [1.82, 2.24) is 4.90 Å². The van der Waals surface area contributed by atoms with Crippen LogP contribution < -0.4 is 0 Å². The molecule has 1 rings (SSSR count). The van der Waals surface area contributed by atoms with E-state index in [1.54, 1.807) is 0 Å². The minimum Gasteiger partial charge on any atom is -0.302 e. The molecule has 0 radical (unpaired) electrons. The summed E-state index contributed by atoms with van der Waals surface area (Å²) in [6.07, 6.45) is 7.46. The molecule has 0 aromatic rings. The molecule has 0 heterocycles. The van der Waals surface area contributed by atoms with Crippen LogP contribution in [0.25, 0.3) is 0 Å². The lowest BCUT2D eigenvalue weighted by atomic mass is 9.76. The Morgan fingerprint density at radius 2 is 2.06 bits per heavy atom. The summed E-state index contributed by atoms with van der Waals surface area (Å²) < 4.78 is 0. The summed E-state index contributed by atoms with van der Waals surface area (Å²) in [5, 5.41) is 9.34. The van der Waals surface area contributed by atoms with Gasteiger partial charge < -0.3 is 4.90 Å². The lowest BCUT2D eigenvalue weighted by Crippen LogP contribution is -2.43. The highest BCUT2D eigenvalue weighted by atomic mass is 15.1. The molecule has 0 aromatic heterocycles. The van der Waals surface area contributed by atoms with Gasteiger partial charge in [0.15, 0.2) is 0 Å². The molecule has 0 aromatic carbocycles. The van der Waals surface area contributed by atoms with Crippen molar-refractivity contribution in [3.63, 3.8) is 0 Å². The summed E-state index contributed by atoms with van der Waals surface area (Å²) in [6, 6.07) is 3.04. The van der Waals surface area contributed by atoms with Gasteiger partial charge in [0.05, 0.1) is 12.0 Å². The topological polar surface area (TPSA) is 27.0 Å². The van der Waals surface area contributed by atoms with Crippen LogP contribution in [-0.4, -0.2) is 24.5 Å². The first-order valence-electron chi connectivity index (χ1n) is 7.72. The van der Waals surface area contributed by atoms with E-state index >= 15 is 0 Å². The Hall–Kier alpha value is -0.550. The van der Waals surface area contributed by atoms with Crippen LogP contribution in [0.4, 0.5) is 0 Å². The van der Waals surface area contributed by atoms with Crippen LogP contribution in [0.2, 0.25) is 0 Å². The van der Waals surface area contributed by atoms with E-state index in [0.29, 0.717) is 6.04 Å². The molecular formula is C16H30N2. The summed E-state index contributed by atoms with van der Waals surface area (Å²) in [5.74, 6) is 1.84. The van der Waals surface area contributed by atoms with Gasteiger partial charge in [-0.2, -0.15) is 5.26 Å². The van der Waals surface area contributed by atoms with Crippen LogP contribution in [0.5, 0.6) is 0 Å². The number of hydrogen-bond acceptors (Lipinski definition) is 2. The molecule has 0 bridgehead atoms. The second-order valence-corrected chi connectivity index (χ2v) is 6.22. The zero-order valence-corrected chi connectivity index (χ0v) is 12.7. The minimum absolute atomic E-state index is 0.257. The van der Waals surface area contributed by atoms with Crippen molar-refractivity contribution in [2.24, 2.45) is 17.8 Å². The van der Waals surface area contributed by atoms with E-state index in [9.17, 15) is 5.26 Å². The van der Waals surface area contributed by atoms with E-state index in [2.05, 4.69) is 38.8 Å². The first kappa shape index (κ1) is 15.5. The van der Waals surface area contributed by atoms with Crippen molar-refractivity contribution in [2.45, 2.75) is 65.3 Å². The summed E-state index contributed by atoms with van der Waals surface area (Å²) in [6.45, 7) is 7.97. The molecule has 0 aliphatic heterocycles. The molecule has 0 N–H and O–H groups in total. The van der Waals surface area contributed by atoms with Crippen LogP contribution in [-0.2, 0) is 0 Å². The molecule has 1 saturated carbocycles. The van der Waals surface area contributed by atoms with E-state index in [-0.39, 0.29) is 5.92 Å². The SMILES string of the molecule is CCCC1CCC(C#N)C(N(C)CC(C)CC)C1. The zero-order valence-electron chi connectivity index (χ0n) is 12.7. The van der Waals surface area contributed by atoms with Crippen LogP contribution in [0.1, 0.15) is 59.3 Å². The molecule has 1 aliphatic rings. The second-order valence-electron chi connectivity index (χ2n) is 6.22. The summed E-state index contributed by atoms with van der Waals surface area (Å²) in [4.78, 5) is 2.46. The van der Waals surface area contributed by atoms with Crippen molar-refractivity contribution < 1.29 is 0 Å². The van der Waals surface area contributed by atoms with Gasteiger partial charge in [0.1, 0.15) is 0 Å². The van der Waals surface area contributed by atoms with E-state index in [0.717, 1.165) is 24.8 Å². The molecule has 1 fully saturated rings. The lowest BCUT2D eigenvalue weighted by Gasteiger charge is -2.39. The summed E-state index contributed by atoms with van der Waals surface area (Å²) in [7, 11) is 2.22. The van der Waals surface area contributed by atoms with Gasteiger partial charge in [0, 0.05) is 12.6 Å². The Kier molecular flexibility index (Phi) is 6.71. The van der Waals surface area contributed by atoms with Crippen LogP contribution in [0.3, 0.4) is 0 Å². The van der Waals surface area contributed by atoms with Crippen LogP contribution in [0.15, 0.2) is 0 Å². The smallest absolute Gasteiger partial charge is 0.0672 e. The number of nitriles is 1. The van der Waals surface area contributed by atoms with Gasteiger partial charge in [0.2, 0.25) is 0 Å². The fraction of sp³-hybridized carbons (Fsp3) is 0.938. The van der Waals surface area contributed by atoms with E-state index < -0.39 is 0 Å². The molecule has 104 valence electrons. The van der Waals surface area contributed by atoms with Gasteiger partial charge in [0.25, 0.3) is 0 Å². The average molecular weight is 250 g/mol. The summed E-state index contributed by atoms with van der Waals surface area (Å²) >= 11 is 0. The third-order valence-electron chi connectivity index (χ3n) is 4.65. The fourth-order valence-corrected chi connectivity index (χ4v) is 3.30. The Labute approximate surface area is 113 Å². The van der Waals surface area contributed by atoms with E-state index in [1.165, 1.54) is 32.1 Å². The normalized spacial score (nSPS) is 30.1. The van der Waals surface area contributed by atoms with E-state index in [1.807, 2.05) is 0 Å². The number of nitrogens with zero attached hydrogens (tertiary/aromatic N) is 2. The molecular weight excluding hydrogens is 220 g/mol. The predicted octanol–water partition coefficient (Wildman–Crippen LogP) is 4.07. The Bertz CT molecular complexity index is 269. The molecule has 18 heavy (non-hydrogen) atoms. The maximum Gasteiger partial charge on any atom is 0.0672 e. The van der Waals surface area contributed by atoms with Gasteiger partial charge >= 0.3 is 0 Å². The third-order valence-corrected chi connectivity index (χ3v) is 4.65. The van der Waals surface area contributed by atoms with Gasteiger partial charge in [-0.15, -0.1) is 0 Å². The monoisotopic (exact) mass is 250 g/mol. The minimum atomic E-state index is 0.257. The quantitative estimate of drug-likeness (QED) is 0.710. The first-order chi connectivity index (χ1) is 8.62.